The number of methoxy groups -OCH3 is 1. The van der Waals surface area contributed by atoms with Crippen molar-refractivity contribution in [1.29, 1.82) is 0 Å². The van der Waals surface area contributed by atoms with Gasteiger partial charge >= 0.3 is 0 Å². The Hall–Kier alpha value is -1.36. The molecule has 0 amide bonds. The van der Waals surface area contributed by atoms with Gasteiger partial charge in [-0.05, 0) is 11.1 Å². The Morgan fingerprint density at radius 2 is 2.28 bits per heavy atom. The Balaban J connectivity index is 2.34. The van der Waals surface area contributed by atoms with E-state index in [2.05, 4.69) is 5.10 Å². The van der Waals surface area contributed by atoms with Crippen LogP contribution in [-0.4, -0.2) is 22.0 Å². The molecule has 1 N–H and O–H groups in total. The second kappa shape index (κ2) is 5.52. The summed E-state index contributed by atoms with van der Waals surface area (Å²) in [5.41, 5.74) is 2.37. The molecule has 0 aliphatic rings. The van der Waals surface area contributed by atoms with E-state index in [-0.39, 0.29) is 0 Å². The normalized spacial score (nSPS) is 12.7. The number of nitrogens with zero attached hydrogens (tertiary/aromatic N) is 2. The van der Waals surface area contributed by atoms with Gasteiger partial charge in [0.2, 0.25) is 0 Å². The molecule has 0 aliphatic carbocycles. The number of hydrogen-bond acceptors (Lipinski definition) is 3. The van der Waals surface area contributed by atoms with Crippen LogP contribution in [0, 0.1) is 0 Å². The number of hydrogen-bond donors (Lipinski definition) is 1. The van der Waals surface area contributed by atoms with Crippen molar-refractivity contribution in [3.05, 3.63) is 52.3 Å². The predicted octanol–water partition coefficient (Wildman–Crippen LogP) is 2.30. The molecule has 1 heterocycles. The van der Waals surface area contributed by atoms with Crippen molar-refractivity contribution in [1.82, 2.24) is 9.78 Å². The molecule has 0 bridgehead atoms. The molecule has 0 saturated carbocycles. The van der Waals surface area contributed by atoms with Gasteiger partial charge < -0.3 is 9.84 Å². The molecule has 1 atom stereocenters. The molecule has 4 nitrogen and oxygen atoms in total. The van der Waals surface area contributed by atoms with Gasteiger partial charge in [0, 0.05) is 14.2 Å². The predicted molar refractivity (Wildman–Crippen MR) is 69.4 cm³/mol. The SMILES string of the molecule is COCc1cccc(C(O)c2c(Cl)cnn2C)c1. The van der Waals surface area contributed by atoms with Gasteiger partial charge in [0.05, 0.1) is 23.5 Å². The lowest BCUT2D eigenvalue weighted by molar-refractivity contribution is 0.183. The summed E-state index contributed by atoms with van der Waals surface area (Å²) in [7, 11) is 3.39. The van der Waals surface area contributed by atoms with Crippen LogP contribution in [0.2, 0.25) is 5.02 Å². The minimum atomic E-state index is -0.790. The first-order valence-corrected chi connectivity index (χ1v) is 5.94. The molecular weight excluding hydrogens is 252 g/mol. The highest BCUT2D eigenvalue weighted by Crippen LogP contribution is 2.28. The summed E-state index contributed by atoms with van der Waals surface area (Å²) in [6.45, 7) is 0.514. The van der Waals surface area contributed by atoms with E-state index in [1.165, 1.54) is 6.20 Å². The number of aromatic nitrogens is 2. The highest BCUT2D eigenvalue weighted by Gasteiger charge is 2.18. The van der Waals surface area contributed by atoms with Crippen molar-refractivity contribution >= 4 is 11.6 Å². The topological polar surface area (TPSA) is 47.3 Å². The molecule has 5 heteroatoms. The summed E-state index contributed by atoms with van der Waals surface area (Å²) in [4.78, 5) is 0. The number of rotatable bonds is 4. The zero-order valence-electron chi connectivity index (χ0n) is 10.3. The lowest BCUT2D eigenvalue weighted by Crippen LogP contribution is -2.07. The Morgan fingerprint density at radius 1 is 1.50 bits per heavy atom. The fourth-order valence-corrected chi connectivity index (χ4v) is 2.17. The second-order valence-electron chi connectivity index (χ2n) is 4.08. The lowest BCUT2D eigenvalue weighted by Gasteiger charge is -2.13. The van der Waals surface area contributed by atoms with E-state index < -0.39 is 6.10 Å². The monoisotopic (exact) mass is 266 g/mol. The lowest BCUT2D eigenvalue weighted by atomic mass is 10.0. The summed E-state index contributed by atoms with van der Waals surface area (Å²) in [5, 5.41) is 14.8. The summed E-state index contributed by atoms with van der Waals surface area (Å²) >= 11 is 6.02. The standard InChI is InChI=1S/C13H15ClN2O2/c1-16-12(11(14)7-15-16)13(17)10-5-3-4-9(6-10)8-18-2/h3-7,13,17H,8H2,1-2H3. The van der Waals surface area contributed by atoms with Gasteiger partial charge in [-0.15, -0.1) is 0 Å². The van der Waals surface area contributed by atoms with Crippen molar-refractivity contribution in [3.8, 4) is 0 Å². The number of ether oxygens (including phenoxy) is 1. The van der Waals surface area contributed by atoms with Gasteiger partial charge in [0.25, 0.3) is 0 Å². The van der Waals surface area contributed by atoms with E-state index in [0.29, 0.717) is 17.3 Å². The molecule has 0 aliphatic heterocycles. The van der Waals surface area contributed by atoms with Crippen molar-refractivity contribution in [3.63, 3.8) is 0 Å². The third-order valence-electron chi connectivity index (χ3n) is 2.77. The van der Waals surface area contributed by atoms with Gasteiger partial charge in [0.15, 0.2) is 0 Å². The summed E-state index contributed by atoms with van der Waals surface area (Å²) in [5.74, 6) is 0. The Kier molecular flexibility index (Phi) is 4.01. The van der Waals surface area contributed by atoms with E-state index >= 15 is 0 Å². The van der Waals surface area contributed by atoms with Crippen LogP contribution in [0.3, 0.4) is 0 Å². The first kappa shape index (κ1) is 13.1. The third-order valence-corrected chi connectivity index (χ3v) is 3.07. The van der Waals surface area contributed by atoms with Gasteiger partial charge in [-0.25, -0.2) is 0 Å². The van der Waals surface area contributed by atoms with Crippen LogP contribution in [0.1, 0.15) is 22.9 Å². The van der Waals surface area contributed by atoms with Crippen LogP contribution < -0.4 is 0 Å². The molecule has 1 aromatic heterocycles. The molecular formula is C13H15ClN2O2. The van der Waals surface area contributed by atoms with Gasteiger partial charge in [-0.1, -0.05) is 35.9 Å². The molecule has 2 rings (SSSR count). The molecule has 96 valence electrons. The van der Waals surface area contributed by atoms with E-state index in [0.717, 1.165) is 11.1 Å². The van der Waals surface area contributed by atoms with Crippen LogP contribution >= 0.6 is 11.6 Å². The Labute approximate surface area is 111 Å². The molecule has 18 heavy (non-hydrogen) atoms. The maximum absolute atomic E-state index is 10.3. The molecule has 0 spiro atoms. The minimum Gasteiger partial charge on any atom is -0.382 e. The zero-order chi connectivity index (χ0) is 13.1. The van der Waals surface area contributed by atoms with Gasteiger partial charge in [-0.3, -0.25) is 4.68 Å². The fourth-order valence-electron chi connectivity index (χ4n) is 1.91. The number of aliphatic hydroxyl groups excluding tert-OH is 1. The first-order valence-electron chi connectivity index (χ1n) is 5.56. The average Bonchev–Trinajstić information content (AvgIpc) is 2.69. The maximum atomic E-state index is 10.3. The van der Waals surface area contributed by atoms with Crippen molar-refractivity contribution in [2.45, 2.75) is 12.7 Å². The van der Waals surface area contributed by atoms with Crippen molar-refractivity contribution in [2.75, 3.05) is 7.11 Å². The van der Waals surface area contributed by atoms with Crippen molar-refractivity contribution < 1.29 is 9.84 Å². The highest BCUT2D eigenvalue weighted by molar-refractivity contribution is 6.31. The van der Waals surface area contributed by atoms with E-state index in [1.54, 1.807) is 18.8 Å². The first-order chi connectivity index (χ1) is 8.63. The number of halogens is 1. The van der Waals surface area contributed by atoms with Crippen LogP contribution in [0.15, 0.2) is 30.5 Å². The molecule has 0 radical (unpaired) electrons. The van der Waals surface area contributed by atoms with Crippen LogP contribution in [0.4, 0.5) is 0 Å². The Morgan fingerprint density at radius 3 is 2.89 bits per heavy atom. The fraction of sp³-hybridized carbons (Fsp3) is 0.308. The van der Waals surface area contributed by atoms with Gasteiger partial charge in [-0.2, -0.15) is 5.10 Å². The quantitative estimate of drug-likeness (QED) is 0.924. The second-order valence-corrected chi connectivity index (χ2v) is 4.49. The maximum Gasteiger partial charge on any atom is 0.122 e. The van der Waals surface area contributed by atoms with E-state index in [1.807, 2.05) is 24.3 Å². The van der Waals surface area contributed by atoms with Crippen LogP contribution in [0.25, 0.3) is 0 Å². The summed E-state index contributed by atoms with van der Waals surface area (Å²) in [6.07, 6.45) is 0.737. The molecule has 0 saturated heterocycles. The van der Waals surface area contributed by atoms with E-state index in [9.17, 15) is 5.11 Å². The average molecular weight is 267 g/mol. The smallest absolute Gasteiger partial charge is 0.122 e. The van der Waals surface area contributed by atoms with Crippen molar-refractivity contribution in [2.24, 2.45) is 7.05 Å². The number of aryl methyl sites for hydroxylation is 1. The highest BCUT2D eigenvalue weighted by atomic mass is 35.5. The summed E-state index contributed by atoms with van der Waals surface area (Å²) < 4.78 is 6.65. The molecule has 2 aromatic rings. The Bertz CT molecular complexity index is 520. The molecule has 0 fully saturated rings. The molecule has 1 unspecified atom stereocenters. The van der Waals surface area contributed by atoms with E-state index in [4.69, 9.17) is 16.3 Å². The zero-order valence-corrected chi connectivity index (χ0v) is 11.1. The van der Waals surface area contributed by atoms with Gasteiger partial charge in [0.1, 0.15) is 6.10 Å². The number of aliphatic hydroxyl groups is 1. The largest absolute Gasteiger partial charge is 0.382 e. The number of benzene rings is 1. The summed E-state index contributed by atoms with van der Waals surface area (Å²) in [6, 6.07) is 7.59. The molecule has 1 aromatic carbocycles. The minimum absolute atomic E-state index is 0.460. The van der Waals surface area contributed by atoms with Crippen LogP contribution in [-0.2, 0) is 18.4 Å². The third kappa shape index (κ3) is 2.56. The van der Waals surface area contributed by atoms with Crippen LogP contribution in [0.5, 0.6) is 0 Å².